The molecule has 0 N–H and O–H groups in total. The van der Waals surface area contributed by atoms with Crippen molar-refractivity contribution in [1.29, 1.82) is 0 Å². The fourth-order valence-electron chi connectivity index (χ4n) is 17.2. The number of pyridine rings is 4. The zero-order valence-corrected chi connectivity index (χ0v) is 45.8. The van der Waals surface area contributed by atoms with Gasteiger partial charge in [-0.1, -0.05) is 215 Å². The van der Waals surface area contributed by atoms with E-state index < -0.39 is 0 Å². The van der Waals surface area contributed by atoms with Crippen LogP contribution in [-0.4, -0.2) is 22.2 Å². The van der Waals surface area contributed by atoms with Crippen molar-refractivity contribution in [3.63, 3.8) is 0 Å². The molecule has 0 fully saturated rings. The van der Waals surface area contributed by atoms with Crippen molar-refractivity contribution < 1.29 is 0 Å². The Labute approximate surface area is 472 Å². The minimum absolute atomic E-state index is 0.0431. The number of aromatic nitrogens is 2. The Bertz CT molecular complexity index is 5580. The molecule has 0 saturated carbocycles. The van der Waals surface area contributed by atoms with Crippen LogP contribution in [0.4, 0.5) is 0 Å². The van der Waals surface area contributed by atoms with Crippen molar-refractivity contribution in [2.75, 3.05) is 0 Å². The minimum Gasteiger partial charge on any atom is -0.309 e. The Morgan fingerprint density at radius 3 is 1.01 bits per heavy atom. The Balaban J connectivity index is 1.05. The van der Waals surface area contributed by atoms with E-state index in [1.54, 1.807) is 0 Å². The molecule has 376 valence electrons. The van der Waals surface area contributed by atoms with Crippen LogP contribution in [0.15, 0.2) is 218 Å². The molecule has 0 saturated heterocycles. The average Bonchev–Trinajstić information content (AvgIpc) is 0.748. The lowest BCUT2D eigenvalue weighted by Gasteiger charge is -2.33. The summed E-state index contributed by atoms with van der Waals surface area (Å²) in [5.74, 6) is 0. The van der Waals surface area contributed by atoms with Gasteiger partial charge in [-0.25, -0.2) is 0 Å². The van der Waals surface area contributed by atoms with Gasteiger partial charge in [0.1, 0.15) is 0 Å². The molecular formula is C78H48B2N2. The van der Waals surface area contributed by atoms with Gasteiger partial charge in [-0.15, -0.1) is 0 Å². The summed E-state index contributed by atoms with van der Waals surface area (Å²) in [6.07, 6.45) is 0. The van der Waals surface area contributed by atoms with Gasteiger partial charge in [0.15, 0.2) is 0 Å². The van der Waals surface area contributed by atoms with Gasteiger partial charge in [0.2, 0.25) is 13.4 Å². The number of nitrogens with zero attached hydrogens (tertiary/aromatic N) is 2. The van der Waals surface area contributed by atoms with Gasteiger partial charge in [-0.2, -0.15) is 0 Å². The molecule has 18 aromatic rings. The molecule has 0 bridgehead atoms. The van der Waals surface area contributed by atoms with E-state index in [9.17, 15) is 0 Å². The second-order valence-electron chi connectivity index (χ2n) is 24.3. The summed E-state index contributed by atoms with van der Waals surface area (Å²) in [6, 6.07) is 85.0. The number of fused-ring (bicyclic) bond motifs is 7. The lowest BCUT2D eigenvalue weighted by Crippen LogP contribution is -2.56. The summed E-state index contributed by atoms with van der Waals surface area (Å²) in [6.45, 7) is 9.38. The maximum absolute atomic E-state index is 2.75. The number of hydrogen-bond acceptors (Lipinski definition) is 0. The Hall–Kier alpha value is -9.89. The summed E-state index contributed by atoms with van der Waals surface area (Å²) < 4.78 is 5.50. The summed E-state index contributed by atoms with van der Waals surface area (Å²) in [7, 11) is 0. The van der Waals surface area contributed by atoms with Gasteiger partial charge >= 0.3 is 0 Å². The molecule has 2 aliphatic rings. The van der Waals surface area contributed by atoms with Crippen molar-refractivity contribution in [2.24, 2.45) is 0 Å². The first kappa shape index (κ1) is 43.9. The highest BCUT2D eigenvalue weighted by molar-refractivity contribution is 7.00. The summed E-state index contributed by atoms with van der Waals surface area (Å²) >= 11 is 0. The van der Waals surface area contributed by atoms with Crippen LogP contribution in [0.3, 0.4) is 0 Å². The van der Waals surface area contributed by atoms with Crippen molar-refractivity contribution in [3.8, 4) is 22.3 Å². The smallest absolute Gasteiger partial charge is 0.247 e. The molecule has 0 atom stereocenters. The monoisotopic (exact) mass is 1030 g/mol. The van der Waals surface area contributed by atoms with Crippen molar-refractivity contribution in [3.05, 3.63) is 241 Å². The van der Waals surface area contributed by atoms with Crippen LogP contribution in [0.1, 0.15) is 22.3 Å². The average molecular weight is 1030 g/mol. The molecule has 6 heterocycles. The highest BCUT2D eigenvalue weighted by atomic mass is 14.9. The summed E-state index contributed by atoms with van der Waals surface area (Å²) in [5, 5.41) is 23.6. The number of aryl methyl sites for hydroxylation is 4. The van der Waals surface area contributed by atoms with E-state index in [1.165, 1.54) is 207 Å². The molecule has 0 radical (unpaired) electrons. The van der Waals surface area contributed by atoms with Crippen molar-refractivity contribution in [1.82, 2.24) is 8.80 Å². The summed E-state index contributed by atoms with van der Waals surface area (Å²) in [4.78, 5) is 0. The van der Waals surface area contributed by atoms with E-state index in [0.717, 1.165) is 0 Å². The largest absolute Gasteiger partial charge is 0.309 e. The molecule has 2 aliphatic heterocycles. The number of benzene rings is 14. The van der Waals surface area contributed by atoms with Crippen molar-refractivity contribution in [2.45, 2.75) is 27.7 Å². The van der Waals surface area contributed by atoms with E-state index in [-0.39, 0.29) is 13.4 Å². The third-order valence-corrected chi connectivity index (χ3v) is 20.3. The summed E-state index contributed by atoms with van der Waals surface area (Å²) in [5.41, 5.74) is 26.5. The van der Waals surface area contributed by atoms with E-state index in [4.69, 9.17) is 0 Å². The highest BCUT2D eigenvalue weighted by Gasteiger charge is 2.39. The molecule has 0 amide bonds. The third-order valence-electron chi connectivity index (χ3n) is 20.3. The van der Waals surface area contributed by atoms with Gasteiger partial charge in [-0.05, 0) is 162 Å². The highest BCUT2D eigenvalue weighted by Crippen LogP contribution is 2.50. The predicted molar refractivity (Wildman–Crippen MR) is 355 cm³/mol. The van der Waals surface area contributed by atoms with Crippen molar-refractivity contribution >= 4 is 176 Å². The molecule has 14 aromatic carbocycles. The van der Waals surface area contributed by atoms with Crippen LogP contribution >= 0.6 is 0 Å². The number of rotatable bonds is 4. The first-order valence-electron chi connectivity index (χ1n) is 29.2. The quantitative estimate of drug-likeness (QED) is 0.0944. The zero-order chi connectivity index (χ0) is 53.7. The first-order chi connectivity index (χ1) is 40.4. The maximum Gasteiger partial charge on any atom is 0.247 e. The van der Waals surface area contributed by atoms with E-state index in [0.29, 0.717) is 0 Å². The van der Waals surface area contributed by atoms with E-state index >= 15 is 0 Å². The van der Waals surface area contributed by atoms with Gasteiger partial charge in [0.05, 0.1) is 11.0 Å². The Morgan fingerprint density at radius 2 is 0.598 bits per heavy atom. The molecule has 0 unspecified atom stereocenters. The fourth-order valence-corrected chi connectivity index (χ4v) is 17.2. The molecule has 2 nitrogen and oxygen atoms in total. The fraction of sp³-hybridized carbons (Fsp3) is 0.0513. The molecule has 4 aromatic heterocycles. The van der Waals surface area contributed by atoms with Gasteiger partial charge in [0, 0.05) is 65.2 Å². The first-order valence-corrected chi connectivity index (χ1v) is 29.2. The third kappa shape index (κ3) is 5.19. The van der Waals surface area contributed by atoms with E-state index in [1.807, 2.05) is 0 Å². The Morgan fingerprint density at radius 1 is 0.232 bits per heavy atom. The number of hydrogen-bond donors (Lipinski definition) is 0. The van der Waals surface area contributed by atoms with Crippen LogP contribution in [0.5, 0.6) is 0 Å². The SMILES string of the molecule is Cc1cccc(C)c1B1c2ccc3cccc4c5cc(-c6ccccc6)cc6c7cc8cc9c%10cc(-c%11ccccc%11)cc%11c%12cccc%13ccc%14c(c%13%12)n(c%12c(ccc(c8c8ccc1c(c78)n(c2c34)c56)c9%12)B%14c1c(C)cccc1C)c%11%10. The van der Waals surface area contributed by atoms with Crippen LogP contribution in [0.2, 0.25) is 0 Å². The minimum atomic E-state index is 0.0431. The molecule has 0 spiro atoms. The molecule has 20 rings (SSSR count). The second kappa shape index (κ2) is 15.1. The molecule has 0 aliphatic carbocycles. The normalized spacial score (nSPS) is 13.3. The van der Waals surface area contributed by atoms with Crippen LogP contribution in [0.25, 0.3) is 152 Å². The lowest BCUT2D eigenvalue weighted by molar-refractivity contribution is 1.34. The zero-order valence-electron chi connectivity index (χ0n) is 45.8. The standard InChI is InChI=1S/C78H48B2N2/c1-41-15-11-16-42(2)71(41)79-62-31-27-47-23-13-25-52-58-35-49(45-19-7-5-8-20-45)37-60-56-39-51-40-57-61-38-50(46-21-9-6-10-22-46)36-59-53-26-14-24-48-28-32-63-76(68(48)53)82(74(59)61)78-65(80(63)72-43(3)17-12-18-44(72)4)34-30-55(70(57)78)66(51)54-29-33-64(79)77(69(54)56)81(73(58)60)75(62)67(47)52/h5-40H,1-4H3. The Kier molecular flexibility index (Phi) is 8.09. The predicted octanol–water partition coefficient (Wildman–Crippen LogP) is 16.0. The van der Waals surface area contributed by atoms with Gasteiger partial charge < -0.3 is 8.80 Å². The van der Waals surface area contributed by atoms with Gasteiger partial charge in [-0.3, -0.25) is 0 Å². The molecular weight excluding hydrogens is 986 g/mol. The topological polar surface area (TPSA) is 8.82 Å². The maximum atomic E-state index is 2.75. The van der Waals surface area contributed by atoms with Crippen LogP contribution in [0, 0.1) is 27.7 Å². The van der Waals surface area contributed by atoms with Crippen LogP contribution < -0.4 is 32.8 Å². The molecule has 82 heavy (non-hydrogen) atoms. The molecule has 4 heteroatoms. The van der Waals surface area contributed by atoms with Crippen LogP contribution in [-0.2, 0) is 0 Å². The lowest BCUT2D eigenvalue weighted by atomic mass is 9.34. The second-order valence-corrected chi connectivity index (χ2v) is 24.3. The van der Waals surface area contributed by atoms with Gasteiger partial charge in [0.25, 0.3) is 0 Å². The van der Waals surface area contributed by atoms with E-state index in [2.05, 4.69) is 255 Å².